The van der Waals surface area contributed by atoms with Gasteiger partial charge in [-0.3, -0.25) is 29.0 Å². The number of aliphatic imine (C=N–C) groups is 1. The number of benzene rings is 1. The molecule has 1 aromatic carbocycles. The quantitative estimate of drug-likeness (QED) is 0.0366. The molecule has 1 rings (SSSR count). The monoisotopic (exact) mass is 651 g/mol. The molecule has 0 heterocycles. The average Bonchev–Trinajstić information content (AvgIpc) is 3.02. The van der Waals surface area contributed by atoms with Crippen molar-refractivity contribution in [2.45, 2.75) is 63.7 Å². The highest BCUT2D eigenvalue weighted by atomic mass is 16.4. The van der Waals surface area contributed by atoms with Gasteiger partial charge in [0.2, 0.25) is 29.5 Å². The zero-order chi connectivity index (χ0) is 34.8. The van der Waals surface area contributed by atoms with Crippen molar-refractivity contribution in [3.63, 3.8) is 0 Å². The first-order chi connectivity index (χ1) is 21.7. The van der Waals surface area contributed by atoms with Gasteiger partial charge in [0, 0.05) is 13.0 Å². The lowest BCUT2D eigenvalue weighted by Crippen LogP contribution is -2.58. The van der Waals surface area contributed by atoms with Crippen LogP contribution in [0, 0.1) is 5.92 Å². The molecular formula is C28H45N9O9. The zero-order valence-corrected chi connectivity index (χ0v) is 25.8. The molecule has 0 aliphatic rings. The number of amides is 5. The Morgan fingerprint density at radius 2 is 1.48 bits per heavy atom. The standard InChI is InChI=1S/C28H45N9O9/c1-3-15(2)23(37-24(42)19(34-21(40)12-29)11-16-6-8-17(39)9-7-16)26(44)33-13-22(41)35-20(14-38)25(43)36-18(27(45)46)5-4-10-32-28(30)31/h6-9,15,18-20,23,38-39H,3-5,10-14,29H2,1-2H3,(H,33,44)(H,34,40)(H,35,41)(H,36,43)(H,37,42)(H,45,46)(H4,30,31,32)/t15-,18-,19-,20-,23-/m0/s1. The molecule has 0 aliphatic carbocycles. The number of carbonyl (C=O) groups excluding carboxylic acids is 5. The van der Waals surface area contributed by atoms with Crippen LogP contribution in [0.25, 0.3) is 0 Å². The predicted molar refractivity (Wildman–Crippen MR) is 166 cm³/mol. The van der Waals surface area contributed by atoms with E-state index in [1.807, 2.05) is 0 Å². The fraction of sp³-hybridized carbons (Fsp3) is 0.536. The number of phenolic OH excluding ortho intramolecular Hbond substituents is 1. The molecule has 0 fully saturated rings. The normalized spacial score (nSPS) is 13.9. The van der Waals surface area contributed by atoms with E-state index in [1.54, 1.807) is 26.0 Å². The predicted octanol–water partition coefficient (Wildman–Crippen LogP) is -3.87. The number of phenols is 1. The fourth-order valence-electron chi connectivity index (χ4n) is 4.04. The number of rotatable bonds is 20. The summed E-state index contributed by atoms with van der Waals surface area (Å²) in [5.41, 5.74) is 16.5. The minimum absolute atomic E-state index is 0.0136. The van der Waals surface area contributed by atoms with Crippen LogP contribution < -0.4 is 43.8 Å². The molecule has 0 unspecified atom stereocenters. The van der Waals surface area contributed by atoms with E-state index >= 15 is 0 Å². The third-order valence-corrected chi connectivity index (χ3v) is 6.82. The molecule has 14 N–H and O–H groups in total. The van der Waals surface area contributed by atoms with Crippen molar-refractivity contribution in [3.8, 4) is 5.75 Å². The number of carbonyl (C=O) groups is 6. The van der Waals surface area contributed by atoms with Gasteiger partial charge in [0.1, 0.15) is 29.9 Å². The highest BCUT2D eigenvalue weighted by molar-refractivity contribution is 5.95. The molecule has 18 heteroatoms. The summed E-state index contributed by atoms with van der Waals surface area (Å²) in [5, 5.41) is 40.5. The molecule has 1 aromatic rings. The molecule has 0 saturated heterocycles. The highest BCUT2D eigenvalue weighted by Gasteiger charge is 2.31. The number of guanidine groups is 1. The number of aromatic hydroxyl groups is 1. The van der Waals surface area contributed by atoms with E-state index in [9.17, 15) is 44.1 Å². The Bertz CT molecular complexity index is 1220. The summed E-state index contributed by atoms with van der Waals surface area (Å²) >= 11 is 0. The van der Waals surface area contributed by atoms with Gasteiger partial charge in [0.15, 0.2) is 5.96 Å². The smallest absolute Gasteiger partial charge is 0.326 e. The van der Waals surface area contributed by atoms with Crippen molar-refractivity contribution >= 4 is 41.5 Å². The number of nitrogens with one attached hydrogen (secondary N) is 5. The Kier molecular flexibility index (Phi) is 17.1. The Labute approximate surface area is 265 Å². The SMILES string of the molecule is CC[C@H](C)[C@H](NC(=O)[C@H](Cc1ccc(O)cc1)NC(=O)CN)C(=O)NCC(=O)N[C@@H](CO)C(=O)N[C@@H](CCCN=C(N)N)C(=O)O. The lowest BCUT2D eigenvalue weighted by molar-refractivity contribution is -0.142. The van der Waals surface area contributed by atoms with Gasteiger partial charge in [-0.25, -0.2) is 4.79 Å². The van der Waals surface area contributed by atoms with E-state index in [2.05, 4.69) is 31.6 Å². The fourth-order valence-corrected chi connectivity index (χ4v) is 4.04. The van der Waals surface area contributed by atoms with Crippen molar-refractivity contribution < 1.29 is 44.1 Å². The van der Waals surface area contributed by atoms with E-state index in [0.717, 1.165) is 0 Å². The van der Waals surface area contributed by atoms with Crippen LogP contribution in [0.15, 0.2) is 29.3 Å². The molecular weight excluding hydrogens is 606 g/mol. The Balaban J connectivity index is 2.86. The van der Waals surface area contributed by atoms with Gasteiger partial charge in [-0.1, -0.05) is 32.4 Å². The molecule has 46 heavy (non-hydrogen) atoms. The average molecular weight is 652 g/mol. The molecule has 256 valence electrons. The number of aliphatic hydroxyl groups excluding tert-OH is 1. The summed E-state index contributed by atoms with van der Waals surface area (Å²) in [5.74, 6) is -5.80. The molecule has 0 aromatic heterocycles. The van der Waals surface area contributed by atoms with E-state index in [4.69, 9.17) is 17.2 Å². The Morgan fingerprint density at radius 3 is 2.02 bits per heavy atom. The maximum Gasteiger partial charge on any atom is 0.326 e. The maximum atomic E-state index is 13.2. The van der Waals surface area contributed by atoms with Gasteiger partial charge in [0.05, 0.1) is 19.7 Å². The van der Waals surface area contributed by atoms with Crippen LogP contribution in [0.4, 0.5) is 0 Å². The van der Waals surface area contributed by atoms with E-state index in [0.29, 0.717) is 12.0 Å². The second-order valence-electron chi connectivity index (χ2n) is 10.4. The number of carboxylic acids is 1. The minimum Gasteiger partial charge on any atom is -0.508 e. The number of hydrogen-bond acceptors (Lipinski definition) is 10. The summed E-state index contributed by atoms with van der Waals surface area (Å²) < 4.78 is 0. The number of nitrogens with zero attached hydrogens (tertiary/aromatic N) is 1. The molecule has 5 amide bonds. The Morgan fingerprint density at radius 1 is 0.870 bits per heavy atom. The lowest BCUT2D eigenvalue weighted by Gasteiger charge is -2.26. The van der Waals surface area contributed by atoms with Crippen LogP contribution in [0.1, 0.15) is 38.7 Å². The third-order valence-electron chi connectivity index (χ3n) is 6.82. The van der Waals surface area contributed by atoms with E-state index in [-0.39, 0.29) is 44.1 Å². The minimum atomic E-state index is -1.53. The summed E-state index contributed by atoms with van der Waals surface area (Å²) in [6.45, 7) is 1.71. The number of aliphatic hydroxyl groups is 1. The van der Waals surface area contributed by atoms with Crippen LogP contribution in [0.2, 0.25) is 0 Å². The molecule has 0 bridgehead atoms. The number of aliphatic carboxylic acids is 1. The van der Waals surface area contributed by atoms with Crippen LogP contribution in [0.5, 0.6) is 5.75 Å². The van der Waals surface area contributed by atoms with Crippen molar-refractivity contribution in [1.82, 2.24) is 26.6 Å². The first-order valence-electron chi connectivity index (χ1n) is 14.6. The number of hydrogen-bond donors (Lipinski definition) is 11. The van der Waals surface area contributed by atoms with Crippen molar-refractivity contribution in [2.24, 2.45) is 28.1 Å². The second kappa shape index (κ2) is 20.1. The van der Waals surface area contributed by atoms with Crippen molar-refractivity contribution in [3.05, 3.63) is 29.8 Å². The number of carboxylic acid groups (broad SMARTS) is 1. The molecule has 0 spiro atoms. The second-order valence-corrected chi connectivity index (χ2v) is 10.4. The van der Waals surface area contributed by atoms with E-state index in [1.165, 1.54) is 12.1 Å². The van der Waals surface area contributed by atoms with Gasteiger partial charge in [-0.2, -0.15) is 0 Å². The zero-order valence-electron chi connectivity index (χ0n) is 25.8. The molecule has 0 aliphatic heterocycles. The van der Waals surface area contributed by atoms with Gasteiger partial charge < -0.3 is 59.1 Å². The third kappa shape index (κ3) is 14.2. The van der Waals surface area contributed by atoms with Crippen LogP contribution in [0.3, 0.4) is 0 Å². The number of nitrogens with two attached hydrogens (primary N) is 3. The van der Waals surface area contributed by atoms with Crippen molar-refractivity contribution in [2.75, 3.05) is 26.2 Å². The topological polar surface area (TPSA) is 314 Å². The van der Waals surface area contributed by atoms with Crippen LogP contribution in [-0.4, -0.2) is 107 Å². The van der Waals surface area contributed by atoms with E-state index < -0.39 is 78.7 Å². The highest BCUT2D eigenvalue weighted by Crippen LogP contribution is 2.13. The van der Waals surface area contributed by atoms with Crippen LogP contribution >= 0.6 is 0 Å². The van der Waals surface area contributed by atoms with Gasteiger partial charge in [-0.15, -0.1) is 0 Å². The van der Waals surface area contributed by atoms with Gasteiger partial charge in [-0.05, 0) is 36.5 Å². The first kappa shape index (κ1) is 39.1. The Hall–Kier alpha value is -4.97. The molecule has 5 atom stereocenters. The molecule has 18 nitrogen and oxygen atoms in total. The maximum absolute atomic E-state index is 13.2. The van der Waals surface area contributed by atoms with Crippen molar-refractivity contribution in [1.29, 1.82) is 0 Å². The summed E-state index contributed by atoms with van der Waals surface area (Å²) in [4.78, 5) is 78.8. The lowest BCUT2D eigenvalue weighted by atomic mass is 9.97. The first-order valence-corrected chi connectivity index (χ1v) is 14.6. The summed E-state index contributed by atoms with van der Waals surface area (Å²) in [7, 11) is 0. The molecule has 0 radical (unpaired) electrons. The largest absolute Gasteiger partial charge is 0.508 e. The summed E-state index contributed by atoms with van der Waals surface area (Å²) in [6, 6.07) is 0.852. The van der Waals surface area contributed by atoms with Crippen LogP contribution in [-0.2, 0) is 35.2 Å². The summed E-state index contributed by atoms with van der Waals surface area (Å²) in [6.07, 6.45) is 0.668. The van der Waals surface area contributed by atoms with Gasteiger partial charge in [0.25, 0.3) is 0 Å². The van der Waals surface area contributed by atoms with Gasteiger partial charge >= 0.3 is 5.97 Å². The molecule has 0 saturated carbocycles.